The molecule has 0 spiro atoms. The van der Waals surface area contributed by atoms with Crippen molar-refractivity contribution in [2.45, 2.75) is 147 Å². The first kappa shape index (κ1) is 40.8. The van der Waals surface area contributed by atoms with Crippen molar-refractivity contribution in [1.82, 2.24) is 10.6 Å². The molecule has 5 rings (SSSR count). The molecule has 3 aliphatic heterocycles. The molecule has 292 valence electrons. The molecule has 1 aliphatic carbocycles. The number of benzene rings is 1. The molecule has 1 saturated carbocycles. The van der Waals surface area contributed by atoms with Crippen molar-refractivity contribution in [3.05, 3.63) is 60.2 Å². The highest BCUT2D eigenvalue weighted by Gasteiger charge is 2.49. The first-order valence-corrected chi connectivity index (χ1v) is 18.8. The summed E-state index contributed by atoms with van der Waals surface area (Å²) in [5.74, 6) is -0.583. The van der Waals surface area contributed by atoms with E-state index in [1.807, 2.05) is 82.3 Å². The van der Waals surface area contributed by atoms with Crippen LogP contribution in [-0.2, 0) is 44.6 Å². The maximum atomic E-state index is 12.8. The van der Waals surface area contributed by atoms with Crippen molar-refractivity contribution in [3.8, 4) is 6.07 Å². The van der Waals surface area contributed by atoms with Crippen LogP contribution in [0, 0.1) is 23.2 Å². The summed E-state index contributed by atoms with van der Waals surface area (Å²) in [6.45, 7) is 7.67. The molecule has 14 heteroatoms. The second-order valence-corrected chi connectivity index (χ2v) is 14.2. The van der Waals surface area contributed by atoms with Gasteiger partial charge in [0.15, 0.2) is 18.9 Å². The number of rotatable bonds is 15. The highest BCUT2D eigenvalue weighted by atomic mass is 16.7. The quantitative estimate of drug-likeness (QED) is 0.191. The SMILES string of the molecule is CCC1C=CC(C)C(OC2C(C)CC(NC(=O)CCC#N)C(O)C2OC2CC(OC3OC(CC)C=CC3NC(=O)OCc3ccccc3)C(CO)O2)O1. The molecular weight excluding hydrogens is 686 g/mol. The van der Waals surface area contributed by atoms with Crippen LogP contribution in [-0.4, -0.2) is 103 Å². The fourth-order valence-electron chi connectivity index (χ4n) is 7.08. The van der Waals surface area contributed by atoms with Crippen molar-refractivity contribution in [1.29, 1.82) is 5.26 Å². The van der Waals surface area contributed by atoms with Gasteiger partial charge in [-0.05, 0) is 30.7 Å². The fourth-order valence-corrected chi connectivity index (χ4v) is 7.08. The average Bonchev–Trinajstić information content (AvgIpc) is 3.55. The van der Waals surface area contributed by atoms with E-state index in [4.69, 9.17) is 38.4 Å². The summed E-state index contributed by atoms with van der Waals surface area (Å²) in [5.41, 5.74) is 0.845. The van der Waals surface area contributed by atoms with E-state index < -0.39 is 67.6 Å². The van der Waals surface area contributed by atoms with E-state index in [1.165, 1.54) is 0 Å². The van der Waals surface area contributed by atoms with Crippen LogP contribution in [0.25, 0.3) is 0 Å². The Kier molecular flexibility index (Phi) is 15.2. The Bertz CT molecular complexity index is 1420. The molecule has 1 aromatic carbocycles. The van der Waals surface area contributed by atoms with Gasteiger partial charge in [0.05, 0.1) is 43.1 Å². The number of nitrogens with one attached hydrogen (secondary N) is 2. The van der Waals surface area contributed by atoms with E-state index in [9.17, 15) is 19.8 Å². The fraction of sp³-hybridized carbons (Fsp3) is 0.667. The molecule has 1 saturated heterocycles. The third-order valence-electron chi connectivity index (χ3n) is 10.1. The molecule has 0 radical (unpaired) electrons. The van der Waals surface area contributed by atoms with Crippen LogP contribution in [0.4, 0.5) is 4.79 Å². The average molecular weight is 742 g/mol. The molecule has 4 aliphatic rings. The molecule has 0 bridgehead atoms. The number of nitrogens with zero attached hydrogens (tertiary/aromatic N) is 1. The summed E-state index contributed by atoms with van der Waals surface area (Å²) in [5, 5.41) is 36.7. The molecular formula is C39H55N3O11. The Labute approximate surface area is 311 Å². The highest BCUT2D eigenvalue weighted by Crippen LogP contribution is 2.37. The molecule has 1 aromatic rings. The predicted octanol–water partition coefficient (Wildman–Crippen LogP) is 3.75. The van der Waals surface area contributed by atoms with Gasteiger partial charge in [-0.1, -0.05) is 82.3 Å². The number of carbonyl (C=O) groups excluding carboxylic acids is 2. The predicted molar refractivity (Wildman–Crippen MR) is 190 cm³/mol. The third-order valence-corrected chi connectivity index (χ3v) is 10.1. The Morgan fingerprint density at radius 2 is 1.62 bits per heavy atom. The first-order chi connectivity index (χ1) is 25.6. The molecule has 14 nitrogen and oxygen atoms in total. The normalized spacial score (nSPS) is 36.8. The number of alkyl carbamates (subject to hydrolysis) is 1. The van der Waals surface area contributed by atoms with Gasteiger partial charge in [0, 0.05) is 25.2 Å². The third kappa shape index (κ3) is 11.1. The zero-order valence-electron chi connectivity index (χ0n) is 31.0. The van der Waals surface area contributed by atoms with Gasteiger partial charge in [-0.3, -0.25) is 4.79 Å². The zero-order valence-corrected chi connectivity index (χ0v) is 31.0. The lowest BCUT2D eigenvalue weighted by molar-refractivity contribution is -0.283. The van der Waals surface area contributed by atoms with Crippen LogP contribution < -0.4 is 10.6 Å². The van der Waals surface area contributed by atoms with Crippen molar-refractivity contribution in [2.75, 3.05) is 6.61 Å². The highest BCUT2D eigenvalue weighted by molar-refractivity contribution is 5.76. The van der Waals surface area contributed by atoms with Gasteiger partial charge in [-0.2, -0.15) is 5.26 Å². The summed E-state index contributed by atoms with van der Waals surface area (Å²) in [6.07, 6.45) is 2.06. The summed E-state index contributed by atoms with van der Waals surface area (Å²) >= 11 is 0. The zero-order chi connectivity index (χ0) is 37.9. The molecule has 14 atom stereocenters. The summed E-state index contributed by atoms with van der Waals surface area (Å²) in [4.78, 5) is 25.4. The van der Waals surface area contributed by atoms with Gasteiger partial charge in [0.2, 0.25) is 5.91 Å². The molecule has 2 amide bonds. The number of nitriles is 1. The van der Waals surface area contributed by atoms with Crippen LogP contribution in [0.2, 0.25) is 0 Å². The second kappa shape index (κ2) is 19.8. The number of hydrogen-bond donors (Lipinski definition) is 4. The minimum Gasteiger partial charge on any atom is -0.445 e. The topological polar surface area (TPSA) is 187 Å². The maximum absolute atomic E-state index is 12.8. The minimum absolute atomic E-state index is 0.0125. The van der Waals surface area contributed by atoms with Crippen LogP contribution in [0.1, 0.15) is 71.8 Å². The van der Waals surface area contributed by atoms with Crippen molar-refractivity contribution >= 4 is 12.0 Å². The van der Waals surface area contributed by atoms with Gasteiger partial charge in [0.25, 0.3) is 0 Å². The number of aliphatic hydroxyl groups excluding tert-OH is 2. The second-order valence-electron chi connectivity index (χ2n) is 14.2. The Hall–Kier alpha value is -3.39. The Morgan fingerprint density at radius 1 is 0.906 bits per heavy atom. The molecule has 4 N–H and O–H groups in total. The van der Waals surface area contributed by atoms with E-state index in [2.05, 4.69) is 16.7 Å². The summed E-state index contributed by atoms with van der Waals surface area (Å²) in [7, 11) is 0. The van der Waals surface area contributed by atoms with Crippen molar-refractivity contribution in [3.63, 3.8) is 0 Å². The Balaban J connectivity index is 1.28. The largest absolute Gasteiger partial charge is 0.445 e. The lowest BCUT2D eigenvalue weighted by Gasteiger charge is -2.46. The van der Waals surface area contributed by atoms with E-state index in [-0.39, 0.29) is 62.4 Å². The molecule has 2 fully saturated rings. The van der Waals surface area contributed by atoms with Crippen LogP contribution in [0.15, 0.2) is 54.6 Å². The van der Waals surface area contributed by atoms with E-state index in [1.54, 1.807) is 0 Å². The molecule has 14 unspecified atom stereocenters. The lowest BCUT2D eigenvalue weighted by atomic mass is 9.80. The van der Waals surface area contributed by atoms with Crippen LogP contribution in [0.3, 0.4) is 0 Å². The number of ether oxygens (including phenoxy) is 7. The van der Waals surface area contributed by atoms with E-state index >= 15 is 0 Å². The monoisotopic (exact) mass is 741 g/mol. The number of amides is 2. The number of hydrogen-bond acceptors (Lipinski definition) is 12. The lowest BCUT2D eigenvalue weighted by Crippen LogP contribution is -2.61. The Morgan fingerprint density at radius 3 is 2.32 bits per heavy atom. The number of carbonyl (C=O) groups is 2. The van der Waals surface area contributed by atoms with E-state index in [0.29, 0.717) is 12.8 Å². The van der Waals surface area contributed by atoms with Gasteiger partial charge in [-0.15, -0.1) is 0 Å². The van der Waals surface area contributed by atoms with Crippen LogP contribution >= 0.6 is 0 Å². The molecule has 0 aromatic heterocycles. The summed E-state index contributed by atoms with van der Waals surface area (Å²) in [6, 6.07) is 9.95. The maximum Gasteiger partial charge on any atom is 0.408 e. The van der Waals surface area contributed by atoms with Gasteiger partial charge in [0.1, 0.15) is 31.0 Å². The van der Waals surface area contributed by atoms with Gasteiger partial charge >= 0.3 is 6.09 Å². The minimum atomic E-state index is -1.19. The van der Waals surface area contributed by atoms with Gasteiger partial charge in [-0.25, -0.2) is 4.79 Å². The van der Waals surface area contributed by atoms with E-state index in [0.717, 1.165) is 12.0 Å². The van der Waals surface area contributed by atoms with Crippen LogP contribution in [0.5, 0.6) is 0 Å². The van der Waals surface area contributed by atoms with Crippen molar-refractivity contribution < 1.29 is 53.0 Å². The molecule has 53 heavy (non-hydrogen) atoms. The van der Waals surface area contributed by atoms with Gasteiger partial charge < -0.3 is 54.0 Å². The molecule has 3 heterocycles. The standard InChI is InChI=1S/C39H55N3O11/c1-5-26-15-14-23(3)37(48-26)53-35-24(4)19-29(41-32(44)13-10-18-40)34(45)36(35)52-33-20-30(31(21-43)50-33)51-38-28(17-16-27(6-2)49-38)42-39(46)47-22-25-11-8-7-9-12-25/h7-9,11-12,14-17,23-24,26-31,33-38,43,45H,5-6,10,13,19-22H2,1-4H3,(H,41,44)(H,42,46). The number of aliphatic hydroxyl groups is 2. The van der Waals surface area contributed by atoms with Crippen molar-refractivity contribution in [2.24, 2.45) is 11.8 Å². The first-order valence-electron chi connectivity index (χ1n) is 18.8. The smallest absolute Gasteiger partial charge is 0.408 e. The summed E-state index contributed by atoms with van der Waals surface area (Å²) < 4.78 is 43.5.